The molecule has 1 aromatic heterocycles. The van der Waals surface area contributed by atoms with Crippen molar-refractivity contribution in [3.8, 4) is 0 Å². The number of carbonyl (C=O) groups is 1. The molecule has 0 unspecified atom stereocenters. The fraction of sp³-hybridized carbons (Fsp3) is 0.250. The van der Waals surface area contributed by atoms with Gasteiger partial charge < -0.3 is 4.98 Å². The number of hydrogen-bond donors (Lipinski definition) is 1. The van der Waals surface area contributed by atoms with Crippen molar-refractivity contribution in [3.05, 3.63) is 33.2 Å². The number of halogens is 1. The molecule has 0 aliphatic heterocycles. The number of aromatic amines is 1. The molecule has 1 rings (SSSR count). The van der Waals surface area contributed by atoms with Crippen LogP contribution < -0.4 is 5.56 Å². The first-order chi connectivity index (χ1) is 6.56. The van der Waals surface area contributed by atoms with Crippen molar-refractivity contribution < 1.29 is 9.63 Å². The zero-order chi connectivity index (χ0) is 10.7. The van der Waals surface area contributed by atoms with Crippen molar-refractivity contribution in [2.75, 3.05) is 14.2 Å². The van der Waals surface area contributed by atoms with E-state index >= 15 is 0 Å². The molecule has 0 spiro atoms. The molecule has 6 heteroatoms. The Morgan fingerprint density at radius 1 is 1.64 bits per heavy atom. The normalized spacial score (nSPS) is 9.93. The minimum atomic E-state index is -0.428. The highest BCUT2D eigenvalue weighted by molar-refractivity contribution is 6.30. The first-order valence-corrected chi connectivity index (χ1v) is 4.14. The Hall–Kier alpha value is -1.33. The first kappa shape index (κ1) is 10.7. The zero-order valence-corrected chi connectivity index (χ0v) is 8.46. The summed E-state index contributed by atoms with van der Waals surface area (Å²) in [5, 5.41) is 1.00. The second-order valence-electron chi connectivity index (χ2n) is 2.55. The number of rotatable bonds is 2. The van der Waals surface area contributed by atoms with Crippen LogP contribution in [-0.2, 0) is 4.84 Å². The molecule has 0 radical (unpaired) electrons. The molecule has 0 atom stereocenters. The number of carbonyl (C=O) groups excluding carboxylic acids is 1. The number of amides is 1. The predicted molar refractivity (Wildman–Crippen MR) is 51.2 cm³/mol. The predicted octanol–water partition coefficient (Wildman–Crippen LogP) is 0.662. The molecule has 0 fully saturated rings. The third-order valence-corrected chi connectivity index (χ3v) is 1.95. The Labute approximate surface area is 85.2 Å². The highest BCUT2D eigenvalue weighted by Gasteiger charge is 2.12. The molecule has 76 valence electrons. The maximum atomic E-state index is 11.5. The van der Waals surface area contributed by atoms with Crippen molar-refractivity contribution in [1.29, 1.82) is 0 Å². The SMILES string of the molecule is CON(C)C(=O)c1c[nH]c(=O)c(Cl)c1. The third kappa shape index (κ3) is 2.12. The summed E-state index contributed by atoms with van der Waals surface area (Å²) in [6.45, 7) is 0. The second kappa shape index (κ2) is 4.26. The molecule has 5 nitrogen and oxygen atoms in total. The van der Waals surface area contributed by atoms with Gasteiger partial charge in [0.1, 0.15) is 5.02 Å². The Morgan fingerprint density at radius 3 is 2.79 bits per heavy atom. The van der Waals surface area contributed by atoms with Gasteiger partial charge >= 0.3 is 0 Å². The van der Waals surface area contributed by atoms with Crippen LogP contribution in [0.25, 0.3) is 0 Å². The fourth-order valence-electron chi connectivity index (χ4n) is 0.844. The summed E-state index contributed by atoms with van der Waals surface area (Å²) in [5.41, 5.74) is -0.165. The van der Waals surface area contributed by atoms with E-state index in [4.69, 9.17) is 11.6 Å². The van der Waals surface area contributed by atoms with Gasteiger partial charge in [0.15, 0.2) is 0 Å². The standard InChI is InChI=1S/C8H9ClN2O3/c1-11(14-2)8(13)5-3-6(9)7(12)10-4-5/h3-4H,1-2H3,(H,10,12). The second-order valence-corrected chi connectivity index (χ2v) is 2.96. The number of nitrogens with one attached hydrogen (secondary N) is 1. The monoisotopic (exact) mass is 216 g/mol. The fourth-order valence-corrected chi connectivity index (χ4v) is 1.02. The van der Waals surface area contributed by atoms with Crippen molar-refractivity contribution in [1.82, 2.24) is 10.0 Å². The van der Waals surface area contributed by atoms with Gasteiger partial charge in [-0.1, -0.05) is 11.6 Å². The summed E-state index contributed by atoms with van der Waals surface area (Å²) in [7, 11) is 2.83. The third-order valence-electron chi connectivity index (χ3n) is 1.66. The molecule has 0 aliphatic rings. The molecule has 0 aliphatic carbocycles. The molecule has 1 aromatic rings. The van der Waals surface area contributed by atoms with Gasteiger partial charge in [0.2, 0.25) is 0 Å². The summed E-state index contributed by atoms with van der Waals surface area (Å²) < 4.78 is 0. The van der Waals surface area contributed by atoms with Crippen LogP contribution in [0.15, 0.2) is 17.1 Å². The van der Waals surface area contributed by atoms with Crippen LogP contribution in [0.2, 0.25) is 5.02 Å². The lowest BCUT2D eigenvalue weighted by atomic mass is 10.3. The zero-order valence-electron chi connectivity index (χ0n) is 7.70. The average molecular weight is 217 g/mol. The summed E-state index contributed by atoms with van der Waals surface area (Å²) in [6, 6.07) is 1.29. The van der Waals surface area contributed by atoms with Crippen molar-refractivity contribution in [2.24, 2.45) is 0 Å². The van der Waals surface area contributed by atoms with E-state index in [1.807, 2.05) is 0 Å². The first-order valence-electron chi connectivity index (χ1n) is 3.76. The van der Waals surface area contributed by atoms with E-state index in [1.54, 1.807) is 0 Å². The molecule has 0 bridgehead atoms. The highest BCUT2D eigenvalue weighted by Crippen LogP contribution is 2.06. The van der Waals surface area contributed by atoms with E-state index in [0.29, 0.717) is 0 Å². The highest BCUT2D eigenvalue weighted by atomic mass is 35.5. The van der Waals surface area contributed by atoms with Crippen LogP contribution in [0.1, 0.15) is 10.4 Å². The van der Waals surface area contributed by atoms with Crippen LogP contribution in [-0.4, -0.2) is 30.1 Å². The average Bonchev–Trinajstić information content (AvgIpc) is 2.20. The molecular formula is C8H9ClN2O3. The van der Waals surface area contributed by atoms with Crippen LogP contribution in [0.4, 0.5) is 0 Å². The number of hydrogen-bond acceptors (Lipinski definition) is 3. The van der Waals surface area contributed by atoms with Crippen LogP contribution in [0, 0.1) is 0 Å². The van der Waals surface area contributed by atoms with Gasteiger partial charge in [0, 0.05) is 13.2 Å². The summed E-state index contributed by atoms with van der Waals surface area (Å²) in [6.07, 6.45) is 1.28. The van der Waals surface area contributed by atoms with Crippen LogP contribution >= 0.6 is 11.6 Å². The topological polar surface area (TPSA) is 62.4 Å². The van der Waals surface area contributed by atoms with Gasteiger partial charge in [-0.15, -0.1) is 0 Å². The van der Waals surface area contributed by atoms with Gasteiger partial charge in [0.05, 0.1) is 12.7 Å². The Bertz CT molecular complexity index is 402. The van der Waals surface area contributed by atoms with Gasteiger partial charge in [-0.2, -0.15) is 0 Å². The molecule has 14 heavy (non-hydrogen) atoms. The lowest BCUT2D eigenvalue weighted by molar-refractivity contribution is -0.0757. The molecular weight excluding hydrogens is 208 g/mol. The van der Waals surface area contributed by atoms with E-state index in [9.17, 15) is 9.59 Å². The van der Waals surface area contributed by atoms with Crippen molar-refractivity contribution in [2.45, 2.75) is 0 Å². The Kier molecular flexibility index (Phi) is 3.27. The molecule has 1 heterocycles. The Morgan fingerprint density at radius 2 is 2.29 bits per heavy atom. The summed E-state index contributed by atoms with van der Waals surface area (Å²) in [5.74, 6) is -0.384. The lowest BCUT2D eigenvalue weighted by Gasteiger charge is -2.12. The van der Waals surface area contributed by atoms with Crippen molar-refractivity contribution in [3.63, 3.8) is 0 Å². The molecule has 0 saturated carbocycles. The minimum absolute atomic E-state index is 0.0275. The number of hydroxylamine groups is 2. The number of aromatic nitrogens is 1. The van der Waals surface area contributed by atoms with Gasteiger partial charge in [-0.3, -0.25) is 14.4 Å². The molecule has 1 amide bonds. The largest absolute Gasteiger partial charge is 0.327 e. The van der Waals surface area contributed by atoms with E-state index in [2.05, 4.69) is 9.82 Å². The maximum Gasteiger partial charge on any atom is 0.278 e. The summed E-state index contributed by atoms with van der Waals surface area (Å²) >= 11 is 5.55. The van der Waals surface area contributed by atoms with E-state index in [0.717, 1.165) is 5.06 Å². The number of pyridine rings is 1. The van der Waals surface area contributed by atoms with Gasteiger partial charge in [-0.25, -0.2) is 5.06 Å². The molecule has 1 N–H and O–H groups in total. The van der Waals surface area contributed by atoms with E-state index < -0.39 is 5.56 Å². The Balaban J connectivity index is 3.03. The van der Waals surface area contributed by atoms with E-state index in [1.165, 1.54) is 26.4 Å². The number of H-pyrrole nitrogens is 1. The minimum Gasteiger partial charge on any atom is -0.327 e. The quantitative estimate of drug-likeness (QED) is 0.739. The smallest absolute Gasteiger partial charge is 0.278 e. The van der Waals surface area contributed by atoms with Crippen LogP contribution in [0.5, 0.6) is 0 Å². The van der Waals surface area contributed by atoms with E-state index in [-0.39, 0.29) is 16.5 Å². The molecule has 0 aromatic carbocycles. The lowest BCUT2D eigenvalue weighted by Crippen LogP contribution is -2.26. The van der Waals surface area contributed by atoms with Crippen LogP contribution in [0.3, 0.4) is 0 Å². The van der Waals surface area contributed by atoms with Gasteiger partial charge in [-0.05, 0) is 6.07 Å². The van der Waals surface area contributed by atoms with Gasteiger partial charge in [0.25, 0.3) is 11.5 Å². The number of nitrogens with zero attached hydrogens (tertiary/aromatic N) is 1. The molecule has 0 saturated heterocycles. The van der Waals surface area contributed by atoms with Crippen molar-refractivity contribution >= 4 is 17.5 Å². The maximum absolute atomic E-state index is 11.5. The summed E-state index contributed by atoms with van der Waals surface area (Å²) in [4.78, 5) is 29.4.